The van der Waals surface area contributed by atoms with Crippen molar-refractivity contribution in [1.29, 1.82) is 0 Å². The maximum atomic E-state index is 11.3. The van der Waals surface area contributed by atoms with Crippen molar-refractivity contribution in [2.45, 2.75) is 63.7 Å². The van der Waals surface area contributed by atoms with Gasteiger partial charge in [-0.1, -0.05) is 60.7 Å². The third-order valence-electron chi connectivity index (χ3n) is 6.55. The number of hydrogen-bond donors (Lipinski definition) is 1. The number of carbonyl (C=O) groups excluding carboxylic acids is 1. The van der Waals surface area contributed by atoms with Gasteiger partial charge in [-0.2, -0.15) is 0 Å². The molecule has 0 spiro atoms. The van der Waals surface area contributed by atoms with Gasteiger partial charge in [0.2, 0.25) is 0 Å². The van der Waals surface area contributed by atoms with Crippen LogP contribution >= 0.6 is 0 Å². The minimum atomic E-state index is -0.102. The Morgan fingerprint density at radius 1 is 0.875 bits per heavy atom. The average molecular weight is 439 g/mol. The SMILES string of the molecule is COC(=O)C[C@@H]1CCCN1Cc1ccccc1.OCC[C@@H]1CCCN1Cc1ccccc1. The molecule has 2 aromatic carbocycles. The van der Waals surface area contributed by atoms with E-state index < -0.39 is 0 Å². The van der Waals surface area contributed by atoms with Gasteiger partial charge in [0.05, 0.1) is 13.5 Å². The normalized spacial score (nSPS) is 21.2. The Bertz CT molecular complexity index is 784. The topological polar surface area (TPSA) is 53.0 Å². The molecule has 0 aliphatic carbocycles. The van der Waals surface area contributed by atoms with Crippen LogP contribution in [0.1, 0.15) is 49.7 Å². The van der Waals surface area contributed by atoms with E-state index >= 15 is 0 Å². The Morgan fingerprint density at radius 3 is 1.88 bits per heavy atom. The highest BCUT2D eigenvalue weighted by Gasteiger charge is 2.27. The molecule has 0 unspecified atom stereocenters. The molecule has 2 aliphatic rings. The van der Waals surface area contributed by atoms with Crippen LogP contribution in [-0.2, 0) is 22.6 Å². The largest absolute Gasteiger partial charge is 0.469 e. The first-order valence-corrected chi connectivity index (χ1v) is 11.9. The summed E-state index contributed by atoms with van der Waals surface area (Å²) >= 11 is 0. The summed E-state index contributed by atoms with van der Waals surface area (Å²) in [5.41, 5.74) is 2.69. The predicted molar refractivity (Wildman–Crippen MR) is 128 cm³/mol. The van der Waals surface area contributed by atoms with Gasteiger partial charge in [-0.05, 0) is 56.3 Å². The maximum absolute atomic E-state index is 11.3. The summed E-state index contributed by atoms with van der Waals surface area (Å²) in [7, 11) is 1.46. The molecule has 2 saturated heterocycles. The van der Waals surface area contributed by atoms with E-state index in [2.05, 4.69) is 64.4 Å². The van der Waals surface area contributed by atoms with Crippen molar-refractivity contribution in [2.24, 2.45) is 0 Å². The molecule has 4 rings (SSSR count). The average Bonchev–Trinajstić information content (AvgIpc) is 3.45. The zero-order valence-corrected chi connectivity index (χ0v) is 19.4. The molecule has 2 aromatic rings. The number of aliphatic hydroxyl groups is 1. The lowest BCUT2D eigenvalue weighted by Gasteiger charge is -2.23. The van der Waals surface area contributed by atoms with E-state index in [-0.39, 0.29) is 5.97 Å². The van der Waals surface area contributed by atoms with E-state index in [0.29, 0.717) is 25.1 Å². The molecule has 5 nitrogen and oxygen atoms in total. The zero-order chi connectivity index (χ0) is 22.6. The Hall–Kier alpha value is -2.21. The summed E-state index contributed by atoms with van der Waals surface area (Å²) in [6.07, 6.45) is 6.23. The van der Waals surface area contributed by atoms with Crippen LogP contribution in [0.25, 0.3) is 0 Å². The number of carbonyl (C=O) groups is 1. The van der Waals surface area contributed by atoms with Gasteiger partial charge >= 0.3 is 5.97 Å². The Morgan fingerprint density at radius 2 is 1.38 bits per heavy atom. The first-order valence-electron chi connectivity index (χ1n) is 11.9. The van der Waals surface area contributed by atoms with Gasteiger partial charge in [0, 0.05) is 31.8 Å². The van der Waals surface area contributed by atoms with Crippen molar-refractivity contribution in [1.82, 2.24) is 9.80 Å². The summed E-state index contributed by atoms with van der Waals surface area (Å²) in [6.45, 7) is 4.54. The fraction of sp³-hybridized carbons (Fsp3) is 0.519. The molecule has 0 bridgehead atoms. The molecular weight excluding hydrogens is 400 g/mol. The van der Waals surface area contributed by atoms with E-state index in [9.17, 15) is 4.79 Å². The Labute approximate surface area is 193 Å². The third kappa shape index (κ3) is 7.73. The van der Waals surface area contributed by atoms with Gasteiger partial charge < -0.3 is 9.84 Å². The van der Waals surface area contributed by atoms with Crippen molar-refractivity contribution in [2.75, 3.05) is 26.8 Å². The fourth-order valence-corrected chi connectivity index (χ4v) is 4.83. The molecule has 174 valence electrons. The van der Waals surface area contributed by atoms with Crippen LogP contribution < -0.4 is 0 Å². The van der Waals surface area contributed by atoms with Gasteiger partial charge in [0.25, 0.3) is 0 Å². The summed E-state index contributed by atoms with van der Waals surface area (Å²) < 4.78 is 4.75. The van der Waals surface area contributed by atoms with Gasteiger partial charge in [-0.3, -0.25) is 14.6 Å². The smallest absolute Gasteiger partial charge is 0.307 e. The second kappa shape index (κ2) is 13.4. The summed E-state index contributed by atoms with van der Waals surface area (Å²) in [6, 6.07) is 21.9. The Kier molecular flexibility index (Phi) is 10.2. The number of aliphatic hydroxyl groups excluding tert-OH is 1. The molecule has 1 N–H and O–H groups in total. The molecule has 0 radical (unpaired) electrons. The summed E-state index contributed by atoms with van der Waals surface area (Å²) in [4.78, 5) is 16.2. The lowest BCUT2D eigenvalue weighted by Crippen LogP contribution is -2.31. The molecule has 0 amide bonds. The highest BCUT2D eigenvalue weighted by Crippen LogP contribution is 2.23. The monoisotopic (exact) mass is 438 g/mol. The van der Waals surface area contributed by atoms with Crippen molar-refractivity contribution < 1.29 is 14.6 Å². The molecule has 5 heteroatoms. The third-order valence-corrected chi connectivity index (χ3v) is 6.55. The lowest BCUT2D eigenvalue weighted by molar-refractivity contribution is -0.141. The number of ether oxygens (including phenoxy) is 1. The maximum Gasteiger partial charge on any atom is 0.307 e. The molecule has 32 heavy (non-hydrogen) atoms. The van der Waals surface area contributed by atoms with Crippen LogP contribution in [0.2, 0.25) is 0 Å². The minimum Gasteiger partial charge on any atom is -0.469 e. The Balaban J connectivity index is 0.000000182. The molecule has 2 heterocycles. The van der Waals surface area contributed by atoms with Crippen LogP contribution in [0.3, 0.4) is 0 Å². The molecule has 2 fully saturated rings. The standard InChI is InChI=1S/C14H19NO2.C13H19NO/c1-17-14(16)10-13-8-5-9-15(13)11-12-6-3-2-4-7-12;15-10-8-13-7-4-9-14(13)11-12-5-2-1-3-6-12/h2-4,6-7,13H,5,8-11H2,1H3;1-3,5-6,13,15H,4,7-11H2/t2*13-/m00/s1. The minimum absolute atomic E-state index is 0.102. The first kappa shape index (κ1) is 24.4. The lowest BCUT2D eigenvalue weighted by atomic mass is 10.1. The van der Waals surface area contributed by atoms with E-state index in [1.165, 1.54) is 44.0 Å². The van der Waals surface area contributed by atoms with Gasteiger partial charge in [-0.25, -0.2) is 0 Å². The number of likely N-dealkylation sites (tertiary alicyclic amines) is 2. The zero-order valence-electron chi connectivity index (χ0n) is 19.4. The molecular formula is C27H38N2O3. The summed E-state index contributed by atoms with van der Waals surface area (Å²) in [5, 5.41) is 8.98. The van der Waals surface area contributed by atoms with Crippen LogP contribution in [0.5, 0.6) is 0 Å². The number of methoxy groups -OCH3 is 1. The van der Waals surface area contributed by atoms with Crippen molar-refractivity contribution in [3.8, 4) is 0 Å². The number of benzene rings is 2. The number of hydrogen-bond acceptors (Lipinski definition) is 5. The highest BCUT2D eigenvalue weighted by atomic mass is 16.5. The van der Waals surface area contributed by atoms with Crippen molar-refractivity contribution in [3.05, 3.63) is 71.8 Å². The van der Waals surface area contributed by atoms with E-state index in [0.717, 1.165) is 32.5 Å². The molecule has 2 atom stereocenters. The molecule has 0 saturated carbocycles. The van der Waals surface area contributed by atoms with Crippen LogP contribution in [-0.4, -0.2) is 59.8 Å². The van der Waals surface area contributed by atoms with Crippen LogP contribution in [0.15, 0.2) is 60.7 Å². The predicted octanol–water partition coefficient (Wildman–Crippen LogP) is 4.25. The number of esters is 1. The van der Waals surface area contributed by atoms with E-state index in [1.54, 1.807) is 0 Å². The van der Waals surface area contributed by atoms with Gasteiger partial charge in [0.15, 0.2) is 0 Å². The van der Waals surface area contributed by atoms with E-state index in [4.69, 9.17) is 9.84 Å². The van der Waals surface area contributed by atoms with E-state index in [1.807, 2.05) is 6.07 Å². The van der Waals surface area contributed by atoms with Crippen LogP contribution in [0.4, 0.5) is 0 Å². The van der Waals surface area contributed by atoms with Gasteiger partial charge in [0.1, 0.15) is 0 Å². The quantitative estimate of drug-likeness (QED) is 0.625. The molecule has 0 aromatic heterocycles. The van der Waals surface area contributed by atoms with Crippen molar-refractivity contribution >= 4 is 5.97 Å². The van der Waals surface area contributed by atoms with Crippen molar-refractivity contribution in [3.63, 3.8) is 0 Å². The second-order valence-corrected chi connectivity index (χ2v) is 8.80. The van der Waals surface area contributed by atoms with Gasteiger partial charge in [-0.15, -0.1) is 0 Å². The number of rotatable bonds is 8. The summed E-state index contributed by atoms with van der Waals surface area (Å²) in [5.74, 6) is -0.102. The van der Waals surface area contributed by atoms with Crippen LogP contribution in [0, 0.1) is 0 Å². The second-order valence-electron chi connectivity index (χ2n) is 8.80. The first-order chi connectivity index (χ1) is 15.7. The fourth-order valence-electron chi connectivity index (χ4n) is 4.83. The highest BCUT2D eigenvalue weighted by molar-refractivity contribution is 5.69. The molecule has 2 aliphatic heterocycles. The number of nitrogens with zero attached hydrogens (tertiary/aromatic N) is 2.